The molecule has 2 rings (SSSR count). The average molecular weight is 244 g/mol. The summed E-state index contributed by atoms with van der Waals surface area (Å²) in [5, 5.41) is 12.4. The van der Waals surface area contributed by atoms with Crippen LogP contribution in [0.5, 0.6) is 5.75 Å². The van der Waals surface area contributed by atoms with Gasteiger partial charge in [0.15, 0.2) is 0 Å². The second kappa shape index (κ2) is 4.16. The van der Waals surface area contributed by atoms with Crippen LogP contribution in [0.4, 0.5) is 0 Å². The predicted octanol–water partition coefficient (Wildman–Crippen LogP) is 2.08. The van der Waals surface area contributed by atoms with E-state index in [4.69, 9.17) is 4.80 Å². The predicted molar refractivity (Wildman–Crippen MR) is 71.9 cm³/mol. The second-order valence-corrected chi connectivity index (χ2v) is 6.02. The first-order chi connectivity index (χ1) is 7.93. The molecule has 0 bridgehead atoms. The molecule has 0 saturated carbocycles. The van der Waals surface area contributed by atoms with Crippen LogP contribution in [-0.4, -0.2) is 19.7 Å². The van der Waals surface area contributed by atoms with Gasteiger partial charge in [-0.3, -0.25) is 0 Å². The van der Waals surface area contributed by atoms with E-state index >= 15 is 0 Å². The van der Waals surface area contributed by atoms with Crippen LogP contribution in [0.25, 0.3) is 10.8 Å². The standard InChI is InChI=1S/C14H16O2Si/c1-14(2,3)10-5-6-11-9(8-10)4-7-12(17-16)13(11)15/h4-8,15-16H,1-3H3. The quantitative estimate of drug-likeness (QED) is 0.754. The summed E-state index contributed by atoms with van der Waals surface area (Å²) in [5.41, 5.74) is 1.34. The Bertz CT molecular complexity index is 556. The summed E-state index contributed by atoms with van der Waals surface area (Å²) < 4.78 is 0. The molecule has 2 aromatic rings. The lowest BCUT2D eigenvalue weighted by Crippen LogP contribution is -2.14. The Morgan fingerprint density at radius 2 is 1.76 bits per heavy atom. The van der Waals surface area contributed by atoms with Gasteiger partial charge in [-0.2, -0.15) is 0 Å². The highest BCUT2D eigenvalue weighted by atomic mass is 28.2. The maximum atomic E-state index is 9.99. The molecule has 0 saturated heterocycles. The number of phenolic OH excluding ortho intramolecular Hbond substituents is 1. The van der Waals surface area contributed by atoms with Gasteiger partial charge in [0.1, 0.15) is 5.75 Å². The SMILES string of the molecule is CC(C)(C)c1ccc2c(O)c([Si]O)ccc2c1. The summed E-state index contributed by atoms with van der Waals surface area (Å²) in [6, 6.07) is 9.78. The topological polar surface area (TPSA) is 40.5 Å². The van der Waals surface area contributed by atoms with Crippen LogP contribution >= 0.6 is 0 Å². The molecule has 88 valence electrons. The summed E-state index contributed by atoms with van der Waals surface area (Å²) in [6.07, 6.45) is 0. The van der Waals surface area contributed by atoms with Crippen molar-refractivity contribution in [2.24, 2.45) is 0 Å². The van der Waals surface area contributed by atoms with E-state index in [1.165, 1.54) is 5.56 Å². The zero-order valence-electron chi connectivity index (χ0n) is 10.3. The van der Waals surface area contributed by atoms with Crippen molar-refractivity contribution in [2.75, 3.05) is 0 Å². The molecule has 0 fully saturated rings. The number of phenols is 1. The van der Waals surface area contributed by atoms with Gasteiger partial charge in [0.25, 0.3) is 9.76 Å². The van der Waals surface area contributed by atoms with Crippen molar-refractivity contribution in [2.45, 2.75) is 26.2 Å². The van der Waals surface area contributed by atoms with Crippen molar-refractivity contribution >= 4 is 25.7 Å². The van der Waals surface area contributed by atoms with Gasteiger partial charge in [0.2, 0.25) is 0 Å². The largest absolute Gasteiger partial charge is 0.507 e. The highest BCUT2D eigenvalue weighted by Gasteiger charge is 2.15. The molecule has 3 heteroatoms. The Morgan fingerprint density at radius 1 is 1.06 bits per heavy atom. The minimum absolute atomic E-state index is 0.0984. The van der Waals surface area contributed by atoms with Gasteiger partial charge in [-0.05, 0) is 16.4 Å². The molecule has 0 heterocycles. The molecule has 0 aliphatic rings. The van der Waals surface area contributed by atoms with Gasteiger partial charge in [0.05, 0.1) is 0 Å². The molecule has 2 radical (unpaired) electrons. The van der Waals surface area contributed by atoms with Crippen molar-refractivity contribution in [1.82, 2.24) is 0 Å². The highest BCUT2D eigenvalue weighted by Crippen LogP contribution is 2.29. The van der Waals surface area contributed by atoms with E-state index in [-0.39, 0.29) is 20.9 Å². The highest BCUT2D eigenvalue weighted by molar-refractivity contribution is 6.47. The molecule has 0 amide bonds. The Hall–Kier alpha value is -1.32. The number of hydrogen-bond donors (Lipinski definition) is 2. The summed E-state index contributed by atoms with van der Waals surface area (Å²) >= 11 is 0. The Morgan fingerprint density at radius 3 is 2.35 bits per heavy atom. The first-order valence-corrected chi connectivity index (χ1v) is 6.54. The fourth-order valence-electron chi connectivity index (χ4n) is 1.87. The molecule has 17 heavy (non-hydrogen) atoms. The summed E-state index contributed by atoms with van der Waals surface area (Å²) in [6.45, 7) is 6.49. The van der Waals surface area contributed by atoms with E-state index in [1.807, 2.05) is 18.2 Å². The molecule has 2 N–H and O–H groups in total. The third-order valence-electron chi connectivity index (χ3n) is 2.98. The van der Waals surface area contributed by atoms with E-state index in [0.717, 1.165) is 10.8 Å². The van der Waals surface area contributed by atoms with Crippen molar-refractivity contribution in [3.8, 4) is 5.75 Å². The van der Waals surface area contributed by atoms with Gasteiger partial charge in [0, 0.05) is 10.6 Å². The van der Waals surface area contributed by atoms with Crippen molar-refractivity contribution in [3.05, 3.63) is 35.9 Å². The molecule has 0 unspecified atom stereocenters. The fraction of sp³-hybridized carbons (Fsp3) is 0.286. The van der Waals surface area contributed by atoms with E-state index in [0.29, 0.717) is 5.19 Å². The van der Waals surface area contributed by atoms with Crippen LogP contribution in [0.1, 0.15) is 26.3 Å². The van der Waals surface area contributed by atoms with E-state index < -0.39 is 0 Å². The van der Waals surface area contributed by atoms with Crippen LogP contribution in [0.3, 0.4) is 0 Å². The fourth-order valence-corrected chi connectivity index (χ4v) is 2.27. The smallest absolute Gasteiger partial charge is 0.269 e. The monoisotopic (exact) mass is 244 g/mol. The molecule has 0 aliphatic carbocycles. The Kier molecular flexibility index (Phi) is 2.97. The van der Waals surface area contributed by atoms with Gasteiger partial charge < -0.3 is 9.90 Å². The van der Waals surface area contributed by atoms with Gasteiger partial charge in [-0.25, -0.2) is 0 Å². The minimum Gasteiger partial charge on any atom is -0.507 e. The summed E-state index contributed by atoms with van der Waals surface area (Å²) in [5.74, 6) is 0.198. The molecular weight excluding hydrogens is 228 g/mol. The number of hydrogen-bond acceptors (Lipinski definition) is 2. The normalized spacial score (nSPS) is 12.0. The third-order valence-corrected chi connectivity index (χ3v) is 3.62. The van der Waals surface area contributed by atoms with E-state index in [1.54, 1.807) is 6.07 Å². The Labute approximate surface area is 104 Å². The molecule has 0 aromatic heterocycles. The summed E-state index contributed by atoms with van der Waals surface area (Å²) in [7, 11) is -0.371. The van der Waals surface area contributed by atoms with E-state index in [9.17, 15) is 5.11 Å². The van der Waals surface area contributed by atoms with Crippen LogP contribution in [0.2, 0.25) is 0 Å². The van der Waals surface area contributed by atoms with Gasteiger partial charge in [-0.1, -0.05) is 51.1 Å². The first-order valence-electron chi connectivity index (χ1n) is 5.60. The molecule has 0 atom stereocenters. The lowest BCUT2D eigenvalue weighted by atomic mass is 9.86. The first kappa shape index (κ1) is 12.1. The maximum absolute atomic E-state index is 9.99. The van der Waals surface area contributed by atoms with Gasteiger partial charge in [-0.15, -0.1) is 0 Å². The van der Waals surface area contributed by atoms with E-state index in [2.05, 4.69) is 26.8 Å². The maximum Gasteiger partial charge on any atom is 0.269 e. The number of aromatic hydroxyl groups is 1. The van der Waals surface area contributed by atoms with Crippen LogP contribution in [0.15, 0.2) is 30.3 Å². The van der Waals surface area contributed by atoms with Crippen molar-refractivity contribution in [3.63, 3.8) is 0 Å². The minimum atomic E-state index is -0.371. The summed E-state index contributed by atoms with van der Waals surface area (Å²) in [4.78, 5) is 9.13. The van der Waals surface area contributed by atoms with Crippen LogP contribution in [-0.2, 0) is 5.41 Å². The average Bonchev–Trinajstić information content (AvgIpc) is 2.28. The zero-order chi connectivity index (χ0) is 12.6. The molecule has 2 aromatic carbocycles. The molecular formula is C14H16O2Si. The number of rotatable bonds is 1. The number of fused-ring (bicyclic) bond motifs is 1. The lowest BCUT2D eigenvalue weighted by Gasteiger charge is -2.19. The number of benzene rings is 2. The van der Waals surface area contributed by atoms with Gasteiger partial charge >= 0.3 is 0 Å². The lowest BCUT2D eigenvalue weighted by molar-refractivity contribution is 0.484. The van der Waals surface area contributed by atoms with Crippen molar-refractivity contribution in [1.29, 1.82) is 0 Å². The molecule has 2 nitrogen and oxygen atoms in total. The third kappa shape index (κ3) is 2.21. The zero-order valence-corrected chi connectivity index (χ0v) is 11.3. The molecule has 0 spiro atoms. The Balaban J connectivity index is 2.66. The van der Waals surface area contributed by atoms with Crippen LogP contribution in [0, 0.1) is 0 Å². The molecule has 0 aliphatic heterocycles. The van der Waals surface area contributed by atoms with Crippen LogP contribution < -0.4 is 5.19 Å². The second-order valence-electron chi connectivity index (χ2n) is 5.26. The van der Waals surface area contributed by atoms with Crippen molar-refractivity contribution < 1.29 is 9.90 Å².